The molecule has 3 nitrogen and oxygen atoms in total. The molecule has 1 atom stereocenters. The van der Waals surface area contributed by atoms with Gasteiger partial charge in [-0.25, -0.2) is 0 Å². The van der Waals surface area contributed by atoms with Gasteiger partial charge < -0.3 is 14.4 Å². The number of anilines is 4. The monoisotopic (exact) mass is 461 g/mol. The van der Waals surface area contributed by atoms with Gasteiger partial charge in [-0.3, -0.25) is 0 Å². The molecule has 0 aliphatic carbocycles. The third-order valence-electron chi connectivity index (χ3n) is 7.66. The first-order valence-electron chi connectivity index (χ1n) is 12.4. The fraction of sp³-hybridized carbons (Fsp3) is 0.0303. The van der Waals surface area contributed by atoms with E-state index in [2.05, 4.69) is 142 Å². The number of hydrogen-bond acceptors (Lipinski definition) is 2. The highest BCUT2D eigenvalue weighted by molar-refractivity contribution is 6.11. The zero-order valence-electron chi connectivity index (χ0n) is 19.7. The standard InChI is InChI=1S/C33H23N3/c1-22-25-13-5-7-15-28(25)36-31-18-10-9-17-30(31)35(33(22)36)24-19-20-27-26-14-6-8-16-29(26)34(32(27)21-24)23-11-3-2-4-12-23/h2-21,33H,1H2. The van der Waals surface area contributed by atoms with Crippen LogP contribution >= 0.6 is 0 Å². The Bertz CT molecular complexity index is 1830. The SMILES string of the molecule is C=C1c2ccccc2N2c3ccccc3N(c3ccc4c5ccccc5n(-c5ccccc5)c4c3)C12. The van der Waals surface area contributed by atoms with Crippen LogP contribution in [0.25, 0.3) is 33.1 Å². The highest BCUT2D eigenvalue weighted by atomic mass is 15.4. The van der Waals surface area contributed by atoms with Crippen LogP contribution in [0.15, 0.2) is 128 Å². The molecule has 3 heterocycles. The summed E-state index contributed by atoms with van der Waals surface area (Å²) in [6, 6.07) is 43.5. The minimum Gasteiger partial charge on any atom is -0.314 e. The van der Waals surface area contributed by atoms with Crippen LogP contribution < -0.4 is 9.80 Å². The molecule has 0 N–H and O–H groups in total. The van der Waals surface area contributed by atoms with Gasteiger partial charge in [-0.15, -0.1) is 0 Å². The van der Waals surface area contributed by atoms with E-state index >= 15 is 0 Å². The largest absolute Gasteiger partial charge is 0.314 e. The van der Waals surface area contributed by atoms with Gasteiger partial charge in [0.25, 0.3) is 0 Å². The Kier molecular flexibility index (Phi) is 3.87. The van der Waals surface area contributed by atoms with E-state index in [0.717, 1.165) is 11.3 Å². The molecule has 0 bridgehead atoms. The number of para-hydroxylation sites is 5. The third-order valence-corrected chi connectivity index (χ3v) is 7.66. The van der Waals surface area contributed by atoms with E-state index in [1.54, 1.807) is 0 Å². The molecule has 36 heavy (non-hydrogen) atoms. The first-order chi connectivity index (χ1) is 17.8. The van der Waals surface area contributed by atoms with E-state index in [4.69, 9.17) is 0 Å². The minimum absolute atomic E-state index is 0.0202. The third kappa shape index (κ3) is 2.47. The fourth-order valence-corrected chi connectivity index (χ4v) is 6.16. The lowest BCUT2D eigenvalue weighted by atomic mass is 10.1. The Balaban J connectivity index is 1.40. The van der Waals surface area contributed by atoms with Gasteiger partial charge in [0.2, 0.25) is 0 Å². The van der Waals surface area contributed by atoms with E-state index in [9.17, 15) is 0 Å². The molecular formula is C33H23N3. The highest BCUT2D eigenvalue weighted by Crippen LogP contribution is 2.56. The predicted molar refractivity (Wildman–Crippen MR) is 151 cm³/mol. The molecule has 2 aliphatic rings. The maximum atomic E-state index is 4.57. The molecule has 1 aromatic heterocycles. The van der Waals surface area contributed by atoms with Crippen molar-refractivity contribution in [2.24, 2.45) is 0 Å². The summed E-state index contributed by atoms with van der Waals surface area (Å²) in [5.41, 5.74) is 10.8. The summed E-state index contributed by atoms with van der Waals surface area (Å²) >= 11 is 0. The summed E-state index contributed by atoms with van der Waals surface area (Å²) in [4.78, 5) is 4.88. The average Bonchev–Trinajstić information content (AvgIpc) is 3.55. The maximum absolute atomic E-state index is 4.57. The fourth-order valence-electron chi connectivity index (χ4n) is 6.16. The number of hydrogen-bond donors (Lipinski definition) is 0. The van der Waals surface area contributed by atoms with Crippen LogP contribution in [0.5, 0.6) is 0 Å². The summed E-state index contributed by atoms with van der Waals surface area (Å²) in [5.74, 6) is 0. The smallest absolute Gasteiger partial charge is 0.137 e. The van der Waals surface area contributed by atoms with Gasteiger partial charge in [-0.1, -0.05) is 79.4 Å². The van der Waals surface area contributed by atoms with Crippen LogP contribution in [-0.4, -0.2) is 10.7 Å². The predicted octanol–water partition coefficient (Wildman–Crippen LogP) is 8.43. The Morgan fingerprint density at radius 3 is 1.97 bits per heavy atom. The molecule has 0 radical (unpaired) electrons. The molecule has 170 valence electrons. The van der Waals surface area contributed by atoms with Gasteiger partial charge in [-0.05, 0) is 54.1 Å². The highest BCUT2D eigenvalue weighted by Gasteiger charge is 2.45. The Morgan fingerprint density at radius 2 is 1.14 bits per heavy atom. The molecule has 0 amide bonds. The summed E-state index contributed by atoms with van der Waals surface area (Å²) in [6.45, 7) is 4.57. The maximum Gasteiger partial charge on any atom is 0.137 e. The van der Waals surface area contributed by atoms with Gasteiger partial charge in [-0.2, -0.15) is 0 Å². The van der Waals surface area contributed by atoms with E-state index in [0.29, 0.717) is 0 Å². The van der Waals surface area contributed by atoms with Crippen molar-refractivity contribution in [2.45, 2.75) is 6.17 Å². The number of rotatable bonds is 2. The van der Waals surface area contributed by atoms with Gasteiger partial charge in [0.05, 0.1) is 28.1 Å². The van der Waals surface area contributed by atoms with Crippen molar-refractivity contribution in [3.05, 3.63) is 133 Å². The number of aromatic nitrogens is 1. The van der Waals surface area contributed by atoms with Gasteiger partial charge in [0, 0.05) is 27.7 Å². The Hall–Kier alpha value is -4.76. The van der Waals surface area contributed by atoms with Crippen molar-refractivity contribution >= 4 is 50.1 Å². The zero-order valence-corrected chi connectivity index (χ0v) is 19.7. The lowest BCUT2D eigenvalue weighted by molar-refractivity contribution is 0.881. The van der Waals surface area contributed by atoms with Crippen LogP contribution in [-0.2, 0) is 0 Å². The summed E-state index contributed by atoms with van der Waals surface area (Å²) < 4.78 is 2.38. The molecule has 0 saturated carbocycles. The molecule has 0 fully saturated rings. The molecule has 8 rings (SSSR count). The zero-order chi connectivity index (χ0) is 23.8. The van der Waals surface area contributed by atoms with E-state index in [-0.39, 0.29) is 6.17 Å². The van der Waals surface area contributed by atoms with Crippen LogP contribution in [0.3, 0.4) is 0 Å². The first kappa shape index (κ1) is 19.5. The van der Waals surface area contributed by atoms with Crippen molar-refractivity contribution in [2.75, 3.05) is 9.80 Å². The quantitative estimate of drug-likeness (QED) is 0.256. The second-order valence-corrected chi connectivity index (χ2v) is 9.53. The average molecular weight is 462 g/mol. The van der Waals surface area contributed by atoms with Crippen molar-refractivity contribution < 1.29 is 0 Å². The second-order valence-electron chi connectivity index (χ2n) is 9.53. The van der Waals surface area contributed by atoms with E-state index in [1.807, 2.05) is 0 Å². The van der Waals surface area contributed by atoms with Crippen molar-refractivity contribution in [1.29, 1.82) is 0 Å². The van der Waals surface area contributed by atoms with E-state index < -0.39 is 0 Å². The summed E-state index contributed by atoms with van der Waals surface area (Å²) in [7, 11) is 0. The Morgan fingerprint density at radius 1 is 0.500 bits per heavy atom. The molecule has 3 heteroatoms. The molecule has 0 spiro atoms. The van der Waals surface area contributed by atoms with Gasteiger partial charge in [0.15, 0.2) is 0 Å². The second kappa shape index (κ2) is 7.12. The molecule has 6 aromatic rings. The molecule has 1 unspecified atom stereocenters. The number of fused-ring (bicyclic) bond motifs is 8. The Labute approximate surface area is 209 Å². The van der Waals surface area contributed by atoms with Gasteiger partial charge in [0.1, 0.15) is 6.17 Å². The lowest BCUT2D eigenvalue weighted by Crippen LogP contribution is -2.34. The normalized spacial score (nSPS) is 16.0. The molecule has 2 aliphatic heterocycles. The molecular weight excluding hydrogens is 438 g/mol. The summed E-state index contributed by atoms with van der Waals surface area (Å²) in [6.07, 6.45) is 0.0202. The summed E-state index contributed by atoms with van der Waals surface area (Å²) in [5, 5.41) is 2.53. The molecule has 0 saturated heterocycles. The minimum atomic E-state index is 0.0202. The van der Waals surface area contributed by atoms with Crippen molar-refractivity contribution in [3.8, 4) is 5.69 Å². The van der Waals surface area contributed by atoms with E-state index in [1.165, 1.54) is 50.1 Å². The van der Waals surface area contributed by atoms with Crippen LogP contribution in [0.4, 0.5) is 22.7 Å². The van der Waals surface area contributed by atoms with Crippen LogP contribution in [0.1, 0.15) is 5.56 Å². The van der Waals surface area contributed by atoms with Crippen LogP contribution in [0, 0.1) is 0 Å². The van der Waals surface area contributed by atoms with Crippen molar-refractivity contribution in [3.63, 3.8) is 0 Å². The van der Waals surface area contributed by atoms with Gasteiger partial charge >= 0.3 is 0 Å². The topological polar surface area (TPSA) is 11.4 Å². The molecule has 5 aromatic carbocycles. The van der Waals surface area contributed by atoms with Crippen molar-refractivity contribution in [1.82, 2.24) is 4.57 Å². The first-order valence-corrected chi connectivity index (χ1v) is 12.4. The lowest BCUT2D eigenvalue weighted by Gasteiger charge is -2.29. The van der Waals surface area contributed by atoms with Crippen LogP contribution in [0.2, 0.25) is 0 Å². The number of benzene rings is 5. The number of nitrogens with zero attached hydrogens (tertiary/aromatic N) is 3.